The van der Waals surface area contributed by atoms with Gasteiger partial charge in [-0.2, -0.15) is 0 Å². The monoisotopic (exact) mass is 264 g/mol. The minimum Gasteiger partial charge on any atom is -0.493 e. The highest BCUT2D eigenvalue weighted by Gasteiger charge is 2.31. The lowest BCUT2D eigenvalue weighted by Gasteiger charge is -2.35. The molecule has 0 radical (unpaired) electrons. The smallest absolute Gasteiger partial charge is 0.161 e. The molecule has 0 aliphatic heterocycles. The fourth-order valence-corrected chi connectivity index (χ4v) is 2.90. The number of para-hydroxylation sites is 2. The molecule has 0 aromatic heterocycles. The van der Waals surface area contributed by atoms with E-state index in [1.54, 1.807) is 7.11 Å². The Hall–Kier alpha value is -1.22. The summed E-state index contributed by atoms with van der Waals surface area (Å²) in [6, 6.07) is 7.70. The van der Waals surface area contributed by atoms with Crippen LogP contribution in [0, 0.1) is 5.41 Å². The molecule has 0 bridgehead atoms. The molecule has 1 aromatic carbocycles. The van der Waals surface area contributed by atoms with Crippen molar-refractivity contribution in [3.63, 3.8) is 0 Å². The minimum atomic E-state index is 0.0836. The first-order valence-electron chi connectivity index (χ1n) is 7.16. The van der Waals surface area contributed by atoms with Gasteiger partial charge in [-0.1, -0.05) is 31.4 Å². The third-order valence-electron chi connectivity index (χ3n) is 4.21. The third-order valence-corrected chi connectivity index (χ3v) is 4.21. The second kappa shape index (κ2) is 6.80. The zero-order chi connectivity index (χ0) is 13.6. The van der Waals surface area contributed by atoms with Gasteiger partial charge in [-0.25, -0.2) is 0 Å². The van der Waals surface area contributed by atoms with Gasteiger partial charge in [-0.05, 0) is 36.8 Å². The molecule has 0 atom stereocenters. The zero-order valence-corrected chi connectivity index (χ0v) is 11.7. The van der Waals surface area contributed by atoms with E-state index in [4.69, 9.17) is 9.47 Å². The van der Waals surface area contributed by atoms with Gasteiger partial charge in [-0.3, -0.25) is 0 Å². The number of hydrogen-bond acceptors (Lipinski definition) is 3. The summed E-state index contributed by atoms with van der Waals surface area (Å²) in [4.78, 5) is 0. The van der Waals surface area contributed by atoms with E-state index >= 15 is 0 Å². The van der Waals surface area contributed by atoms with Crippen molar-refractivity contribution in [1.82, 2.24) is 0 Å². The highest BCUT2D eigenvalue weighted by atomic mass is 16.5. The van der Waals surface area contributed by atoms with E-state index in [1.165, 1.54) is 19.3 Å². The first-order valence-corrected chi connectivity index (χ1v) is 7.16. The highest BCUT2D eigenvalue weighted by molar-refractivity contribution is 5.39. The van der Waals surface area contributed by atoms with Crippen molar-refractivity contribution < 1.29 is 14.6 Å². The van der Waals surface area contributed by atoms with Crippen molar-refractivity contribution in [2.45, 2.75) is 38.5 Å². The maximum Gasteiger partial charge on any atom is 0.161 e. The fourth-order valence-electron chi connectivity index (χ4n) is 2.90. The number of aliphatic hydroxyl groups excluding tert-OH is 1. The lowest BCUT2D eigenvalue weighted by Crippen LogP contribution is -2.30. The Labute approximate surface area is 115 Å². The second-order valence-electron chi connectivity index (χ2n) is 5.47. The third kappa shape index (κ3) is 3.63. The average Bonchev–Trinajstić information content (AvgIpc) is 2.49. The van der Waals surface area contributed by atoms with Crippen molar-refractivity contribution in [1.29, 1.82) is 0 Å². The number of rotatable bonds is 6. The average molecular weight is 264 g/mol. The molecule has 1 aliphatic rings. The molecule has 0 unspecified atom stereocenters. The van der Waals surface area contributed by atoms with Crippen LogP contribution < -0.4 is 9.47 Å². The Balaban J connectivity index is 1.88. The lowest BCUT2D eigenvalue weighted by molar-refractivity contribution is 0.0581. The number of ether oxygens (including phenoxy) is 2. The van der Waals surface area contributed by atoms with Crippen LogP contribution in [0.3, 0.4) is 0 Å². The molecule has 0 heterocycles. The van der Waals surface area contributed by atoms with E-state index in [0.29, 0.717) is 6.61 Å². The van der Waals surface area contributed by atoms with Crippen LogP contribution in [0.25, 0.3) is 0 Å². The van der Waals surface area contributed by atoms with Gasteiger partial charge in [0.2, 0.25) is 0 Å². The largest absolute Gasteiger partial charge is 0.493 e. The van der Waals surface area contributed by atoms with Gasteiger partial charge in [0.15, 0.2) is 11.5 Å². The predicted octanol–water partition coefficient (Wildman–Crippen LogP) is 3.41. The van der Waals surface area contributed by atoms with E-state index in [9.17, 15) is 5.11 Å². The van der Waals surface area contributed by atoms with E-state index in [1.807, 2.05) is 24.3 Å². The van der Waals surface area contributed by atoms with Crippen molar-refractivity contribution in [2.75, 3.05) is 20.3 Å². The molecule has 3 nitrogen and oxygen atoms in total. The Bertz CT molecular complexity index is 383. The summed E-state index contributed by atoms with van der Waals surface area (Å²) < 4.78 is 11.1. The van der Waals surface area contributed by atoms with Gasteiger partial charge in [-0.15, -0.1) is 0 Å². The number of methoxy groups -OCH3 is 1. The molecule has 2 rings (SSSR count). The molecule has 0 spiro atoms. The van der Waals surface area contributed by atoms with Crippen molar-refractivity contribution in [2.24, 2.45) is 5.41 Å². The van der Waals surface area contributed by atoms with Crippen molar-refractivity contribution in [3.8, 4) is 11.5 Å². The van der Waals surface area contributed by atoms with Gasteiger partial charge < -0.3 is 14.6 Å². The van der Waals surface area contributed by atoms with Crippen LogP contribution in [0.1, 0.15) is 38.5 Å². The predicted molar refractivity (Wildman–Crippen MR) is 75.7 cm³/mol. The van der Waals surface area contributed by atoms with Crippen LogP contribution in [-0.2, 0) is 0 Å². The molecule has 0 saturated heterocycles. The lowest BCUT2D eigenvalue weighted by atomic mass is 9.72. The van der Waals surface area contributed by atoms with Crippen LogP contribution in [0.15, 0.2) is 24.3 Å². The van der Waals surface area contributed by atoms with Gasteiger partial charge in [0.1, 0.15) is 0 Å². The number of aliphatic hydroxyl groups is 1. The number of benzene rings is 1. The molecule has 1 saturated carbocycles. The van der Waals surface area contributed by atoms with E-state index in [2.05, 4.69) is 0 Å². The molecule has 1 fully saturated rings. The van der Waals surface area contributed by atoms with Gasteiger partial charge in [0.25, 0.3) is 0 Å². The summed E-state index contributed by atoms with van der Waals surface area (Å²) in [5, 5.41) is 9.66. The number of hydrogen-bond donors (Lipinski definition) is 1. The second-order valence-corrected chi connectivity index (χ2v) is 5.47. The van der Waals surface area contributed by atoms with E-state index in [0.717, 1.165) is 30.8 Å². The summed E-state index contributed by atoms with van der Waals surface area (Å²) >= 11 is 0. The molecule has 0 amide bonds. The van der Waals surface area contributed by atoms with Gasteiger partial charge in [0, 0.05) is 6.61 Å². The Morgan fingerprint density at radius 2 is 1.79 bits per heavy atom. The first kappa shape index (κ1) is 14.2. The quantitative estimate of drug-likeness (QED) is 0.855. The fraction of sp³-hybridized carbons (Fsp3) is 0.625. The van der Waals surface area contributed by atoms with Crippen LogP contribution in [0.5, 0.6) is 11.5 Å². The zero-order valence-electron chi connectivity index (χ0n) is 11.7. The Kier molecular flexibility index (Phi) is 5.08. The molecule has 19 heavy (non-hydrogen) atoms. The van der Waals surface area contributed by atoms with E-state index in [-0.39, 0.29) is 12.0 Å². The Morgan fingerprint density at radius 1 is 1.11 bits per heavy atom. The van der Waals surface area contributed by atoms with Crippen molar-refractivity contribution >= 4 is 0 Å². The van der Waals surface area contributed by atoms with Crippen LogP contribution in [-0.4, -0.2) is 25.4 Å². The SMILES string of the molecule is COc1ccccc1OCCC1(CO)CCCCC1. The summed E-state index contributed by atoms with van der Waals surface area (Å²) in [6.45, 7) is 0.920. The van der Waals surface area contributed by atoms with Crippen LogP contribution in [0.4, 0.5) is 0 Å². The molecular weight excluding hydrogens is 240 g/mol. The van der Waals surface area contributed by atoms with Gasteiger partial charge >= 0.3 is 0 Å². The summed E-state index contributed by atoms with van der Waals surface area (Å²) in [7, 11) is 1.65. The van der Waals surface area contributed by atoms with Crippen LogP contribution >= 0.6 is 0 Å². The molecule has 106 valence electrons. The Morgan fingerprint density at radius 3 is 2.42 bits per heavy atom. The van der Waals surface area contributed by atoms with E-state index < -0.39 is 0 Å². The standard InChI is InChI=1S/C16H24O3/c1-18-14-7-3-4-8-15(14)19-12-11-16(13-17)9-5-2-6-10-16/h3-4,7-8,17H,2,5-6,9-13H2,1H3. The minimum absolute atomic E-state index is 0.0836. The summed E-state index contributed by atoms with van der Waals surface area (Å²) in [5.41, 5.74) is 0.0836. The highest BCUT2D eigenvalue weighted by Crippen LogP contribution is 2.39. The molecule has 1 aliphatic carbocycles. The summed E-state index contributed by atoms with van der Waals surface area (Å²) in [6.07, 6.45) is 6.93. The summed E-state index contributed by atoms with van der Waals surface area (Å²) in [5.74, 6) is 1.55. The molecule has 1 N–H and O–H groups in total. The molecule has 1 aromatic rings. The molecule has 3 heteroatoms. The normalized spacial score (nSPS) is 18.0. The maximum atomic E-state index is 9.66. The van der Waals surface area contributed by atoms with Crippen molar-refractivity contribution in [3.05, 3.63) is 24.3 Å². The van der Waals surface area contributed by atoms with Gasteiger partial charge in [0.05, 0.1) is 13.7 Å². The maximum absolute atomic E-state index is 9.66. The molecular formula is C16H24O3. The van der Waals surface area contributed by atoms with Crippen LogP contribution in [0.2, 0.25) is 0 Å². The topological polar surface area (TPSA) is 38.7 Å². The first-order chi connectivity index (χ1) is 9.29.